The summed E-state index contributed by atoms with van der Waals surface area (Å²) in [4.78, 5) is 0. The molecule has 0 atom stereocenters. The summed E-state index contributed by atoms with van der Waals surface area (Å²) in [6.07, 6.45) is 1.75. The lowest BCUT2D eigenvalue weighted by Crippen LogP contribution is -1.98. The molecule has 2 aliphatic heterocycles. The van der Waals surface area contributed by atoms with Gasteiger partial charge in [-0.2, -0.15) is 0 Å². The number of hydrogen-bond acceptors (Lipinski definition) is 4. The van der Waals surface area contributed by atoms with Gasteiger partial charge in [-0.15, -0.1) is 0 Å². The molecular weight excluding hydrogens is 180 g/mol. The van der Waals surface area contributed by atoms with Gasteiger partial charge in [0.15, 0.2) is 0 Å². The van der Waals surface area contributed by atoms with Crippen molar-refractivity contribution in [2.75, 3.05) is 31.5 Å². The maximum absolute atomic E-state index is 10.4. The van der Waals surface area contributed by atoms with Gasteiger partial charge in [-0.1, -0.05) is 0 Å². The van der Waals surface area contributed by atoms with Gasteiger partial charge in [0, 0.05) is 0 Å². The quantitative estimate of drug-likeness (QED) is 0.552. The molecule has 0 amide bonds. The van der Waals surface area contributed by atoms with E-state index in [2.05, 4.69) is 0 Å². The van der Waals surface area contributed by atoms with Gasteiger partial charge in [0.1, 0.15) is 16.6 Å². The molecule has 4 nitrogen and oxygen atoms in total. The largest absolute Gasteiger partial charge is 0.353 e. The van der Waals surface area contributed by atoms with Gasteiger partial charge in [0.25, 0.3) is 0 Å². The molecule has 12 heavy (non-hydrogen) atoms. The van der Waals surface area contributed by atoms with E-state index in [4.69, 9.17) is 9.47 Å². The second-order valence-electron chi connectivity index (χ2n) is 2.79. The van der Waals surface area contributed by atoms with Gasteiger partial charge in [0.05, 0.1) is 24.7 Å². The highest BCUT2D eigenvalue weighted by Gasteiger charge is 2.16. The summed E-state index contributed by atoms with van der Waals surface area (Å²) in [5, 5.41) is 0. The zero-order chi connectivity index (χ0) is 8.86. The lowest BCUT2D eigenvalue weighted by atomic mass is 10.4. The van der Waals surface area contributed by atoms with Crippen molar-refractivity contribution >= 4 is 9.84 Å². The van der Waals surface area contributed by atoms with Crippen molar-refractivity contribution < 1.29 is 17.9 Å². The van der Waals surface area contributed by atoms with E-state index >= 15 is 0 Å². The molecule has 0 aliphatic carbocycles. The average molecular weight is 194 g/mol. The van der Waals surface area contributed by atoms with Crippen LogP contribution < -0.4 is 0 Å². The van der Waals surface area contributed by atoms with Crippen LogP contribution in [0.2, 0.25) is 0 Å². The first-order valence-electron chi connectivity index (χ1n) is 4.07. The minimum Gasteiger partial charge on any atom is -0.353 e. The molecule has 0 N–H and O–H groups in total. The summed E-state index contributed by atoms with van der Waals surface area (Å²) in [6.45, 7) is 2.06. The number of sulfone groups is 1. The van der Waals surface area contributed by atoms with E-state index in [9.17, 15) is 8.42 Å². The Balaban J connectivity index is 0.000000127. The van der Waals surface area contributed by atoms with Crippen molar-refractivity contribution in [3.63, 3.8) is 0 Å². The lowest BCUT2D eigenvalue weighted by molar-refractivity contribution is 0.0692. The lowest BCUT2D eigenvalue weighted by Gasteiger charge is -1.81. The molecule has 0 aromatic rings. The molecule has 5 heteroatoms. The summed E-state index contributed by atoms with van der Waals surface area (Å²) in [6, 6.07) is 0. The molecule has 0 aromatic carbocycles. The maximum Gasteiger partial charge on any atom is 0.150 e. The first kappa shape index (κ1) is 9.95. The van der Waals surface area contributed by atoms with Gasteiger partial charge >= 0.3 is 0 Å². The van der Waals surface area contributed by atoms with E-state index in [-0.39, 0.29) is 0 Å². The van der Waals surface area contributed by atoms with Crippen LogP contribution in [0.3, 0.4) is 0 Å². The number of hydrogen-bond donors (Lipinski definition) is 0. The molecule has 0 spiro atoms. The molecule has 72 valence electrons. The summed E-state index contributed by atoms with van der Waals surface area (Å²) in [5.41, 5.74) is 0. The van der Waals surface area contributed by atoms with E-state index in [0.29, 0.717) is 18.3 Å². The Kier molecular flexibility index (Phi) is 3.97. The van der Waals surface area contributed by atoms with E-state index in [1.807, 2.05) is 0 Å². The highest BCUT2D eigenvalue weighted by atomic mass is 32.2. The van der Waals surface area contributed by atoms with Gasteiger partial charge in [-0.05, 0) is 12.8 Å². The van der Waals surface area contributed by atoms with Crippen LogP contribution in [0.4, 0.5) is 0 Å². The third-order valence-corrected chi connectivity index (χ3v) is 3.52. The standard InChI is InChI=1S/C4H8O2S.C3H6O2/c5-7(6)3-1-2-4-7;1-2-5-3-4-1/h1-4H2;1-3H2. The minimum absolute atomic E-state index is 0.424. The topological polar surface area (TPSA) is 52.6 Å². The second kappa shape index (κ2) is 4.79. The summed E-state index contributed by atoms with van der Waals surface area (Å²) in [5.74, 6) is 0.847. The molecule has 0 radical (unpaired) electrons. The Morgan fingerprint density at radius 2 is 1.42 bits per heavy atom. The zero-order valence-electron chi connectivity index (χ0n) is 6.99. The van der Waals surface area contributed by atoms with Crippen LogP contribution >= 0.6 is 0 Å². The van der Waals surface area contributed by atoms with Gasteiger partial charge in [-0.25, -0.2) is 8.42 Å². The normalized spacial score (nSPS) is 26.3. The van der Waals surface area contributed by atoms with Crippen LogP contribution in [0, 0.1) is 0 Å². The SMILES string of the molecule is C1COCO1.O=S1(=O)CCCC1. The first-order valence-corrected chi connectivity index (χ1v) is 5.89. The van der Waals surface area contributed by atoms with E-state index < -0.39 is 9.84 Å². The van der Waals surface area contributed by atoms with Crippen LogP contribution in [0.15, 0.2) is 0 Å². The fourth-order valence-corrected chi connectivity index (χ4v) is 2.53. The Hall–Kier alpha value is -0.130. The first-order chi connectivity index (χ1) is 5.71. The molecule has 2 saturated heterocycles. The monoisotopic (exact) mass is 194 g/mol. The highest BCUT2D eigenvalue weighted by molar-refractivity contribution is 7.91. The Morgan fingerprint density at radius 3 is 1.58 bits per heavy atom. The fraction of sp³-hybridized carbons (Fsp3) is 1.00. The van der Waals surface area contributed by atoms with Crippen LogP contribution in [-0.2, 0) is 19.3 Å². The maximum atomic E-state index is 10.4. The Labute approximate surface area is 72.8 Å². The van der Waals surface area contributed by atoms with Crippen molar-refractivity contribution in [2.24, 2.45) is 0 Å². The number of rotatable bonds is 0. The molecule has 0 saturated carbocycles. The molecule has 2 fully saturated rings. The summed E-state index contributed by atoms with van der Waals surface area (Å²) >= 11 is 0. The zero-order valence-corrected chi connectivity index (χ0v) is 7.81. The molecule has 0 aromatic heterocycles. The summed E-state index contributed by atoms with van der Waals surface area (Å²) in [7, 11) is -2.55. The average Bonchev–Trinajstić information content (AvgIpc) is 2.60. The number of ether oxygens (including phenoxy) is 2. The molecule has 0 bridgehead atoms. The smallest absolute Gasteiger partial charge is 0.150 e. The van der Waals surface area contributed by atoms with Crippen LogP contribution in [0.1, 0.15) is 12.8 Å². The van der Waals surface area contributed by atoms with E-state index in [1.165, 1.54) is 0 Å². The fourth-order valence-electron chi connectivity index (χ4n) is 1.04. The van der Waals surface area contributed by atoms with Crippen LogP contribution in [0.5, 0.6) is 0 Å². The van der Waals surface area contributed by atoms with Crippen LogP contribution in [-0.4, -0.2) is 39.9 Å². The van der Waals surface area contributed by atoms with Crippen LogP contribution in [0.25, 0.3) is 0 Å². The van der Waals surface area contributed by atoms with Gasteiger partial charge in [-0.3, -0.25) is 0 Å². The molecule has 2 heterocycles. The second-order valence-corrected chi connectivity index (χ2v) is 5.10. The van der Waals surface area contributed by atoms with Crippen molar-refractivity contribution in [1.29, 1.82) is 0 Å². The molecule has 2 aliphatic rings. The van der Waals surface area contributed by atoms with Gasteiger partial charge in [0.2, 0.25) is 0 Å². The van der Waals surface area contributed by atoms with Crippen molar-refractivity contribution in [2.45, 2.75) is 12.8 Å². The molecule has 2 rings (SSSR count). The predicted octanol–water partition coefficient (Wildman–Crippen LogP) is 0.186. The van der Waals surface area contributed by atoms with Gasteiger partial charge < -0.3 is 9.47 Å². The molecule has 0 unspecified atom stereocenters. The van der Waals surface area contributed by atoms with E-state index in [1.54, 1.807) is 0 Å². The Bertz CT molecular complexity index is 186. The van der Waals surface area contributed by atoms with Crippen molar-refractivity contribution in [1.82, 2.24) is 0 Å². The third kappa shape index (κ3) is 4.04. The molecular formula is C7H14O4S. The third-order valence-electron chi connectivity index (χ3n) is 1.70. The summed E-state index contributed by atoms with van der Waals surface area (Å²) < 4.78 is 30.3. The minimum atomic E-state index is -2.55. The van der Waals surface area contributed by atoms with E-state index in [0.717, 1.165) is 26.1 Å². The van der Waals surface area contributed by atoms with Crippen molar-refractivity contribution in [3.05, 3.63) is 0 Å². The highest BCUT2D eigenvalue weighted by Crippen LogP contribution is 2.08. The predicted molar refractivity (Wildman–Crippen MR) is 44.7 cm³/mol. The van der Waals surface area contributed by atoms with Crippen molar-refractivity contribution in [3.8, 4) is 0 Å². The Morgan fingerprint density at radius 1 is 0.917 bits per heavy atom.